The van der Waals surface area contributed by atoms with Gasteiger partial charge < -0.3 is 28.7 Å². The number of nitrogens with zero attached hydrogens (tertiary/aromatic N) is 5. The van der Waals surface area contributed by atoms with Crippen molar-refractivity contribution >= 4 is 17.5 Å². The molecule has 0 radical (unpaired) electrons. The first-order chi connectivity index (χ1) is 21.0. The molecule has 1 N–H and O–H groups in total. The minimum atomic E-state index is -1.14. The van der Waals surface area contributed by atoms with Crippen molar-refractivity contribution in [2.75, 3.05) is 38.4 Å². The normalized spacial score (nSPS) is 16.5. The standard InChI is InChI=1S/C30H32N6O7/c1-19-5-11-25(43-19)28(30(38)31-17-23-4-3-13-40-23)36(21-8-12-24-26(16-21)42-15-14-41-24)27(37)18-35-33-29(32-34-35)20-6-9-22(39-2)10-7-20/h5-12,16,23,28H,3-4,13-15,17-18H2,1-2H3,(H,31,38)/t23-,28+/m0/s1. The van der Waals surface area contributed by atoms with Crippen LogP contribution < -0.4 is 24.4 Å². The molecule has 13 nitrogen and oxygen atoms in total. The van der Waals surface area contributed by atoms with Crippen LogP contribution in [0.2, 0.25) is 0 Å². The fraction of sp³-hybridized carbons (Fsp3) is 0.367. The molecule has 1 saturated heterocycles. The van der Waals surface area contributed by atoms with E-state index in [-0.39, 0.29) is 12.6 Å². The van der Waals surface area contributed by atoms with Gasteiger partial charge in [-0.3, -0.25) is 14.5 Å². The lowest BCUT2D eigenvalue weighted by Crippen LogP contribution is -2.46. The highest BCUT2D eigenvalue weighted by atomic mass is 16.6. The first-order valence-electron chi connectivity index (χ1n) is 14.1. The molecule has 0 spiro atoms. The monoisotopic (exact) mass is 588 g/mol. The number of hydrogen-bond acceptors (Lipinski definition) is 10. The van der Waals surface area contributed by atoms with Crippen molar-refractivity contribution in [3.63, 3.8) is 0 Å². The Hall–Kier alpha value is -4.91. The lowest BCUT2D eigenvalue weighted by Gasteiger charge is -2.31. The zero-order valence-corrected chi connectivity index (χ0v) is 23.9. The molecule has 2 aliphatic heterocycles. The molecule has 2 amide bonds. The number of nitrogens with one attached hydrogen (secondary N) is 1. The Balaban J connectivity index is 1.33. The number of carbonyl (C=O) groups is 2. The Morgan fingerprint density at radius 3 is 2.60 bits per heavy atom. The highest BCUT2D eigenvalue weighted by Crippen LogP contribution is 2.37. The maximum Gasteiger partial charge on any atom is 0.251 e. The number of hydrogen-bond donors (Lipinski definition) is 1. The van der Waals surface area contributed by atoms with Crippen LogP contribution in [0.3, 0.4) is 0 Å². The smallest absolute Gasteiger partial charge is 0.251 e. The highest BCUT2D eigenvalue weighted by Gasteiger charge is 2.36. The molecule has 2 aliphatic rings. The lowest BCUT2D eigenvalue weighted by molar-refractivity contribution is -0.127. The SMILES string of the molecule is COc1ccc(-c2nnn(CC(=O)N(c3ccc4c(c3)OCCO4)[C@@H](C(=O)NC[C@@H]3CCCO3)c3ccc(C)o3)n2)cc1. The second-order valence-corrected chi connectivity index (χ2v) is 10.2. The van der Waals surface area contributed by atoms with Crippen LogP contribution >= 0.6 is 0 Å². The number of fused-ring (bicyclic) bond motifs is 1. The van der Waals surface area contributed by atoms with Crippen molar-refractivity contribution in [3.05, 3.63) is 66.1 Å². The average Bonchev–Trinajstić information content (AvgIpc) is 3.81. The molecule has 43 heavy (non-hydrogen) atoms. The summed E-state index contributed by atoms with van der Waals surface area (Å²) >= 11 is 0. The fourth-order valence-electron chi connectivity index (χ4n) is 5.07. The number of methoxy groups -OCH3 is 1. The Kier molecular flexibility index (Phi) is 8.22. The van der Waals surface area contributed by atoms with E-state index in [4.69, 9.17) is 23.4 Å². The molecule has 1 fully saturated rings. The Labute approximate surface area is 247 Å². The van der Waals surface area contributed by atoms with E-state index in [0.29, 0.717) is 72.2 Å². The van der Waals surface area contributed by atoms with Crippen molar-refractivity contribution in [3.8, 4) is 28.6 Å². The second-order valence-electron chi connectivity index (χ2n) is 10.2. The van der Waals surface area contributed by atoms with E-state index < -0.39 is 17.9 Å². The minimum absolute atomic E-state index is 0.0860. The lowest BCUT2D eigenvalue weighted by atomic mass is 10.1. The molecule has 4 aromatic rings. The average molecular weight is 589 g/mol. The van der Waals surface area contributed by atoms with E-state index >= 15 is 0 Å². The summed E-state index contributed by atoms with van der Waals surface area (Å²) in [5.74, 6) is 2.07. The number of amides is 2. The van der Waals surface area contributed by atoms with Crippen molar-refractivity contribution in [2.45, 2.75) is 38.5 Å². The van der Waals surface area contributed by atoms with E-state index in [9.17, 15) is 9.59 Å². The van der Waals surface area contributed by atoms with Crippen molar-refractivity contribution in [2.24, 2.45) is 0 Å². The van der Waals surface area contributed by atoms with Gasteiger partial charge in [-0.05, 0) is 73.5 Å². The van der Waals surface area contributed by atoms with E-state index in [1.165, 1.54) is 9.70 Å². The number of aryl methyl sites for hydroxylation is 1. The van der Waals surface area contributed by atoms with Gasteiger partial charge in [-0.15, -0.1) is 10.2 Å². The summed E-state index contributed by atoms with van der Waals surface area (Å²) in [5, 5.41) is 15.6. The van der Waals surface area contributed by atoms with Crippen LogP contribution in [0.5, 0.6) is 17.2 Å². The molecule has 6 rings (SSSR count). The predicted molar refractivity (Wildman–Crippen MR) is 153 cm³/mol. The Bertz CT molecular complexity index is 1580. The van der Waals surface area contributed by atoms with E-state index in [1.807, 2.05) is 0 Å². The predicted octanol–water partition coefficient (Wildman–Crippen LogP) is 3.09. The molecule has 0 saturated carbocycles. The van der Waals surface area contributed by atoms with Gasteiger partial charge in [-0.2, -0.15) is 4.80 Å². The van der Waals surface area contributed by atoms with Crippen LogP contribution in [0.25, 0.3) is 11.4 Å². The molecule has 0 aliphatic carbocycles. The fourth-order valence-corrected chi connectivity index (χ4v) is 5.07. The van der Waals surface area contributed by atoms with E-state index in [2.05, 4.69) is 20.7 Å². The third kappa shape index (κ3) is 6.31. The largest absolute Gasteiger partial charge is 0.497 e. The van der Waals surface area contributed by atoms with Gasteiger partial charge >= 0.3 is 0 Å². The summed E-state index contributed by atoms with van der Waals surface area (Å²) in [5.41, 5.74) is 1.12. The second kappa shape index (κ2) is 12.5. The summed E-state index contributed by atoms with van der Waals surface area (Å²) in [6.07, 6.45) is 1.70. The summed E-state index contributed by atoms with van der Waals surface area (Å²) in [6, 6.07) is 14.6. The maximum atomic E-state index is 14.2. The molecule has 0 unspecified atom stereocenters. The van der Waals surface area contributed by atoms with Crippen LogP contribution in [0.4, 0.5) is 5.69 Å². The molecule has 2 aromatic carbocycles. The number of carbonyl (C=O) groups excluding carboxylic acids is 2. The Morgan fingerprint density at radius 2 is 1.88 bits per heavy atom. The van der Waals surface area contributed by atoms with Gasteiger partial charge in [0.05, 0.1) is 13.2 Å². The van der Waals surface area contributed by atoms with Crippen molar-refractivity contribution in [1.82, 2.24) is 25.5 Å². The van der Waals surface area contributed by atoms with Gasteiger partial charge in [0.25, 0.3) is 11.8 Å². The third-order valence-electron chi connectivity index (χ3n) is 7.22. The number of tetrazole rings is 1. The zero-order valence-electron chi connectivity index (χ0n) is 23.9. The van der Waals surface area contributed by atoms with Gasteiger partial charge in [0.1, 0.15) is 37.0 Å². The molecule has 224 valence electrons. The van der Waals surface area contributed by atoms with Gasteiger partial charge in [-0.25, -0.2) is 0 Å². The molecule has 2 aromatic heterocycles. The number of anilines is 1. The number of furan rings is 1. The molecular weight excluding hydrogens is 556 g/mol. The Morgan fingerprint density at radius 1 is 1.07 bits per heavy atom. The number of benzene rings is 2. The molecule has 2 atom stereocenters. The summed E-state index contributed by atoms with van der Waals surface area (Å²) in [7, 11) is 1.59. The van der Waals surface area contributed by atoms with E-state index in [0.717, 1.165) is 12.8 Å². The first kappa shape index (κ1) is 28.2. The molecule has 0 bridgehead atoms. The number of rotatable bonds is 10. The summed E-state index contributed by atoms with van der Waals surface area (Å²) in [4.78, 5) is 30.6. The van der Waals surface area contributed by atoms with Crippen molar-refractivity contribution < 1.29 is 33.0 Å². The van der Waals surface area contributed by atoms with Gasteiger partial charge in [-0.1, -0.05) is 0 Å². The van der Waals surface area contributed by atoms with Crippen LogP contribution in [-0.4, -0.2) is 71.6 Å². The molecule has 4 heterocycles. The van der Waals surface area contributed by atoms with Crippen LogP contribution in [0.1, 0.15) is 30.4 Å². The van der Waals surface area contributed by atoms with Crippen molar-refractivity contribution in [1.29, 1.82) is 0 Å². The van der Waals surface area contributed by atoms with Crippen LogP contribution in [-0.2, 0) is 20.9 Å². The van der Waals surface area contributed by atoms with Gasteiger partial charge in [0.15, 0.2) is 17.5 Å². The first-order valence-corrected chi connectivity index (χ1v) is 14.1. The summed E-state index contributed by atoms with van der Waals surface area (Å²) < 4.78 is 28.3. The number of aromatic nitrogens is 4. The summed E-state index contributed by atoms with van der Waals surface area (Å²) in [6.45, 7) is 3.24. The molecular formula is C30H32N6O7. The number of ether oxygens (including phenoxy) is 4. The topological polar surface area (TPSA) is 143 Å². The van der Waals surface area contributed by atoms with Crippen LogP contribution in [0, 0.1) is 6.92 Å². The van der Waals surface area contributed by atoms with E-state index in [1.54, 1.807) is 68.6 Å². The third-order valence-corrected chi connectivity index (χ3v) is 7.22. The highest BCUT2D eigenvalue weighted by molar-refractivity contribution is 6.01. The zero-order chi connectivity index (χ0) is 29.8. The maximum absolute atomic E-state index is 14.2. The van der Waals surface area contributed by atoms with Crippen LogP contribution in [0.15, 0.2) is 59.0 Å². The van der Waals surface area contributed by atoms with Gasteiger partial charge in [0, 0.05) is 30.5 Å². The molecule has 13 heteroatoms. The quantitative estimate of drug-likeness (QED) is 0.294. The van der Waals surface area contributed by atoms with Gasteiger partial charge in [0.2, 0.25) is 5.82 Å². The minimum Gasteiger partial charge on any atom is -0.497 e.